The number of carbonyl (C=O) groups excluding carboxylic acids is 1. The molecule has 0 aliphatic carbocycles. The van der Waals surface area contributed by atoms with Gasteiger partial charge in [-0.05, 0) is 25.0 Å². The Morgan fingerprint density at radius 3 is 2.54 bits per heavy atom. The molecule has 1 amide bonds. The zero-order chi connectivity index (χ0) is 17.9. The third-order valence-corrected chi connectivity index (χ3v) is 5.97. The fourth-order valence-electron chi connectivity index (χ4n) is 3.55. The van der Waals surface area contributed by atoms with Crippen molar-refractivity contribution in [1.82, 2.24) is 9.88 Å². The summed E-state index contributed by atoms with van der Waals surface area (Å²) in [5.41, 5.74) is 1.79. The van der Waals surface area contributed by atoms with Gasteiger partial charge in [-0.15, -0.1) is 11.3 Å². The smallest absolute Gasteiger partial charge is 0.273 e. The van der Waals surface area contributed by atoms with Gasteiger partial charge in [0.05, 0.1) is 7.11 Å². The monoisotopic (exact) mass is 372 g/mol. The van der Waals surface area contributed by atoms with Crippen LogP contribution in [0.3, 0.4) is 0 Å². The van der Waals surface area contributed by atoms with Crippen LogP contribution in [0.1, 0.15) is 23.3 Å². The quantitative estimate of drug-likeness (QED) is 0.826. The van der Waals surface area contributed by atoms with Crippen LogP contribution in [-0.2, 0) is 0 Å². The number of anilines is 2. The van der Waals surface area contributed by atoms with Crippen LogP contribution >= 0.6 is 11.3 Å². The Hall–Kier alpha value is -2.28. The molecule has 138 valence electrons. The van der Waals surface area contributed by atoms with E-state index in [1.54, 1.807) is 18.4 Å². The molecule has 0 unspecified atom stereocenters. The summed E-state index contributed by atoms with van der Waals surface area (Å²) in [6.45, 7) is 5.41. The number of hydrogen-bond acceptors (Lipinski definition) is 6. The predicted molar refractivity (Wildman–Crippen MR) is 105 cm³/mol. The minimum atomic E-state index is 0.0833. The Bertz CT molecular complexity index is 764. The molecule has 4 rings (SSSR count). The maximum absolute atomic E-state index is 12.5. The van der Waals surface area contributed by atoms with Crippen LogP contribution in [0, 0.1) is 0 Å². The van der Waals surface area contributed by atoms with E-state index >= 15 is 0 Å². The van der Waals surface area contributed by atoms with Crippen molar-refractivity contribution >= 4 is 28.1 Å². The molecule has 2 aliphatic heterocycles. The van der Waals surface area contributed by atoms with Crippen molar-refractivity contribution < 1.29 is 9.53 Å². The number of amides is 1. The molecule has 2 aromatic rings. The van der Waals surface area contributed by atoms with Crippen molar-refractivity contribution in [2.45, 2.75) is 12.8 Å². The standard InChI is InChI=1S/C19H24N4O2S/c1-25-16-6-4-5-15(13-16)21-9-11-23(12-10-21)19-20-17(14-26-19)18(24)22-7-2-3-8-22/h4-6,13-14H,2-3,7-12H2,1H3. The number of ether oxygens (including phenoxy) is 1. The maximum atomic E-state index is 12.5. The third kappa shape index (κ3) is 3.49. The number of nitrogens with zero attached hydrogens (tertiary/aromatic N) is 4. The first-order valence-electron chi connectivity index (χ1n) is 9.13. The number of likely N-dealkylation sites (tertiary alicyclic amines) is 1. The van der Waals surface area contributed by atoms with Crippen molar-refractivity contribution in [2.24, 2.45) is 0 Å². The van der Waals surface area contributed by atoms with E-state index in [0.29, 0.717) is 5.69 Å². The second-order valence-corrected chi connectivity index (χ2v) is 7.53. The van der Waals surface area contributed by atoms with E-state index in [1.807, 2.05) is 22.4 Å². The molecule has 1 aromatic carbocycles. The Balaban J connectivity index is 1.38. The summed E-state index contributed by atoms with van der Waals surface area (Å²) < 4.78 is 5.32. The van der Waals surface area contributed by atoms with E-state index in [1.165, 1.54) is 5.69 Å². The van der Waals surface area contributed by atoms with Gasteiger partial charge in [0, 0.05) is 56.4 Å². The first kappa shape index (κ1) is 17.1. The summed E-state index contributed by atoms with van der Waals surface area (Å²) in [7, 11) is 1.69. The number of carbonyl (C=O) groups is 1. The molecule has 1 aromatic heterocycles. The molecule has 7 heteroatoms. The lowest BCUT2D eigenvalue weighted by molar-refractivity contribution is 0.0788. The van der Waals surface area contributed by atoms with Gasteiger partial charge in [0.15, 0.2) is 5.13 Å². The number of benzene rings is 1. The molecule has 3 heterocycles. The number of methoxy groups -OCH3 is 1. The number of thiazole rings is 1. The van der Waals surface area contributed by atoms with E-state index in [9.17, 15) is 4.79 Å². The maximum Gasteiger partial charge on any atom is 0.273 e. The molecular weight excluding hydrogens is 348 g/mol. The Kier molecular flexibility index (Phi) is 4.97. The van der Waals surface area contributed by atoms with Crippen molar-refractivity contribution in [1.29, 1.82) is 0 Å². The highest BCUT2D eigenvalue weighted by Gasteiger charge is 2.24. The first-order valence-corrected chi connectivity index (χ1v) is 10.0. The first-order chi connectivity index (χ1) is 12.7. The van der Waals surface area contributed by atoms with Gasteiger partial charge in [-0.3, -0.25) is 4.79 Å². The van der Waals surface area contributed by atoms with E-state index in [0.717, 1.165) is 63.0 Å². The highest BCUT2D eigenvalue weighted by Crippen LogP contribution is 2.26. The van der Waals surface area contributed by atoms with Crippen LogP contribution < -0.4 is 14.5 Å². The molecule has 0 spiro atoms. The molecule has 2 aliphatic rings. The van der Waals surface area contributed by atoms with E-state index < -0.39 is 0 Å². The summed E-state index contributed by atoms with van der Waals surface area (Å²) in [6.07, 6.45) is 2.21. The molecule has 6 nitrogen and oxygen atoms in total. The van der Waals surface area contributed by atoms with Gasteiger partial charge >= 0.3 is 0 Å². The minimum Gasteiger partial charge on any atom is -0.497 e. The van der Waals surface area contributed by atoms with Crippen LogP contribution in [0.25, 0.3) is 0 Å². The lowest BCUT2D eigenvalue weighted by atomic mass is 10.2. The predicted octanol–water partition coefficient (Wildman–Crippen LogP) is 2.71. The second kappa shape index (κ2) is 7.53. The van der Waals surface area contributed by atoms with Crippen LogP contribution in [0.2, 0.25) is 0 Å². The van der Waals surface area contributed by atoms with Gasteiger partial charge in [0.25, 0.3) is 5.91 Å². The van der Waals surface area contributed by atoms with Crippen molar-refractivity contribution in [2.75, 3.05) is 56.2 Å². The number of piperazine rings is 1. The summed E-state index contributed by atoms with van der Waals surface area (Å²) in [5.74, 6) is 0.968. The van der Waals surface area contributed by atoms with Gasteiger partial charge in [-0.2, -0.15) is 0 Å². The molecule has 26 heavy (non-hydrogen) atoms. The molecule has 0 atom stereocenters. The van der Waals surface area contributed by atoms with Crippen LogP contribution in [0.4, 0.5) is 10.8 Å². The van der Waals surface area contributed by atoms with Crippen LogP contribution in [0.5, 0.6) is 5.75 Å². The van der Waals surface area contributed by atoms with Crippen LogP contribution in [0.15, 0.2) is 29.6 Å². The average molecular weight is 372 g/mol. The van der Waals surface area contributed by atoms with E-state index in [2.05, 4.69) is 26.9 Å². The average Bonchev–Trinajstić information content (AvgIpc) is 3.40. The van der Waals surface area contributed by atoms with E-state index in [-0.39, 0.29) is 5.91 Å². The largest absolute Gasteiger partial charge is 0.497 e. The molecule has 0 radical (unpaired) electrons. The second-order valence-electron chi connectivity index (χ2n) is 6.69. The van der Waals surface area contributed by atoms with Gasteiger partial charge in [0.2, 0.25) is 0 Å². The van der Waals surface area contributed by atoms with Gasteiger partial charge in [-0.25, -0.2) is 4.98 Å². The summed E-state index contributed by atoms with van der Waals surface area (Å²) >= 11 is 1.58. The summed E-state index contributed by atoms with van der Waals surface area (Å²) in [6, 6.07) is 8.19. The molecular formula is C19H24N4O2S. The van der Waals surface area contributed by atoms with Crippen molar-refractivity contribution in [3.8, 4) is 5.75 Å². The normalized spacial score (nSPS) is 17.7. The molecule has 0 N–H and O–H groups in total. The van der Waals surface area contributed by atoms with Crippen molar-refractivity contribution in [3.05, 3.63) is 35.3 Å². The topological polar surface area (TPSA) is 48.9 Å². The molecule has 2 fully saturated rings. The van der Waals surface area contributed by atoms with E-state index in [4.69, 9.17) is 4.74 Å². The molecule has 0 bridgehead atoms. The van der Waals surface area contributed by atoms with Gasteiger partial charge < -0.3 is 19.4 Å². The highest BCUT2D eigenvalue weighted by atomic mass is 32.1. The Morgan fingerprint density at radius 2 is 1.81 bits per heavy atom. The van der Waals surface area contributed by atoms with Crippen molar-refractivity contribution in [3.63, 3.8) is 0 Å². The molecule has 0 saturated carbocycles. The fraction of sp³-hybridized carbons (Fsp3) is 0.474. The lowest BCUT2D eigenvalue weighted by Gasteiger charge is -2.36. The Labute approximate surface area is 158 Å². The highest BCUT2D eigenvalue weighted by molar-refractivity contribution is 7.13. The number of rotatable bonds is 4. The zero-order valence-corrected chi connectivity index (χ0v) is 15.9. The van der Waals surface area contributed by atoms with Crippen LogP contribution in [-0.4, -0.2) is 62.2 Å². The fourth-order valence-corrected chi connectivity index (χ4v) is 4.41. The Morgan fingerprint density at radius 1 is 1.08 bits per heavy atom. The number of aromatic nitrogens is 1. The van der Waals surface area contributed by atoms with Gasteiger partial charge in [0.1, 0.15) is 11.4 Å². The lowest BCUT2D eigenvalue weighted by Crippen LogP contribution is -2.46. The summed E-state index contributed by atoms with van der Waals surface area (Å²) in [4.78, 5) is 23.7. The molecule has 2 saturated heterocycles. The SMILES string of the molecule is COc1cccc(N2CCN(c3nc(C(=O)N4CCCC4)cs3)CC2)c1. The zero-order valence-electron chi connectivity index (χ0n) is 15.1. The third-order valence-electron chi connectivity index (χ3n) is 5.07. The minimum absolute atomic E-state index is 0.0833. The number of hydrogen-bond donors (Lipinski definition) is 0. The van der Waals surface area contributed by atoms with Gasteiger partial charge in [-0.1, -0.05) is 6.07 Å². The summed E-state index contributed by atoms with van der Waals surface area (Å²) in [5, 5.41) is 2.86.